The smallest absolute Gasteiger partial charge is 0.271 e. The van der Waals surface area contributed by atoms with Crippen molar-refractivity contribution in [3.63, 3.8) is 0 Å². The lowest BCUT2D eigenvalue weighted by Crippen LogP contribution is -2.28. The van der Waals surface area contributed by atoms with E-state index in [0.717, 1.165) is 10.1 Å². The number of nitrogens with zero attached hydrogens (tertiary/aromatic N) is 2. The van der Waals surface area contributed by atoms with Gasteiger partial charge in [0.15, 0.2) is 6.61 Å². The quantitative estimate of drug-likeness (QED) is 0.514. The molecule has 29 heavy (non-hydrogen) atoms. The molecule has 7 heteroatoms. The first-order valence-electron chi connectivity index (χ1n) is 9.47. The van der Waals surface area contributed by atoms with Crippen LogP contribution in [-0.4, -0.2) is 34.8 Å². The van der Waals surface area contributed by atoms with Gasteiger partial charge in [-0.2, -0.15) is 5.26 Å². The molecule has 0 aliphatic rings. The number of hydrogen-bond acceptors (Lipinski definition) is 6. The molecule has 0 atom stereocenters. The third-order valence-corrected chi connectivity index (χ3v) is 4.42. The van der Waals surface area contributed by atoms with E-state index in [1.165, 1.54) is 6.92 Å². The van der Waals surface area contributed by atoms with Crippen molar-refractivity contribution < 1.29 is 19.4 Å². The summed E-state index contributed by atoms with van der Waals surface area (Å²) in [6, 6.07) is 9.08. The van der Waals surface area contributed by atoms with Gasteiger partial charge in [-0.25, -0.2) is 0 Å². The monoisotopic (exact) mass is 398 g/mol. The minimum Gasteiger partial charge on any atom is -0.494 e. The molecule has 0 saturated carbocycles. The van der Waals surface area contributed by atoms with Gasteiger partial charge in [-0.3, -0.25) is 14.2 Å². The molecule has 1 N–H and O–H groups in total. The Morgan fingerprint density at radius 1 is 1.31 bits per heavy atom. The Labute approximate surface area is 170 Å². The fourth-order valence-corrected chi connectivity index (χ4v) is 2.96. The molecule has 0 saturated heterocycles. The van der Waals surface area contributed by atoms with E-state index in [9.17, 15) is 20.0 Å². The number of Topliss-reactive ketones (excluding diaryl/α,β-unsaturated/α-hetero) is 1. The summed E-state index contributed by atoms with van der Waals surface area (Å²) in [7, 11) is 0. The van der Waals surface area contributed by atoms with Gasteiger partial charge in [0.05, 0.1) is 11.7 Å². The summed E-state index contributed by atoms with van der Waals surface area (Å²) >= 11 is 0. The Hall–Kier alpha value is -3.11. The Morgan fingerprint density at radius 3 is 2.66 bits per heavy atom. The van der Waals surface area contributed by atoms with Crippen molar-refractivity contribution in [1.82, 2.24) is 4.57 Å². The molecule has 0 aliphatic carbocycles. The van der Waals surface area contributed by atoms with E-state index in [4.69, 9.17) is 9.47 Å². The Balaban J connectivity index is 2.29. The molecule has 1 heterocycles. The number of carbonyl (C=O) groups excluding carboxylic acids is 1. The zero-order valence-electron chi connectivity index (χ0n) is 17.2. The number of hydrogen-bond donors (Lipinski definition) is 1. The normalized spacial score (nSPS) is 10.8. The summed E-state index contributed by atoms with van der Waals surface area (Å²) in [5.41, 5.74) is 0.286. The third kappa shape index (κ3) is 5.46. The molecule has 1 aromatic heterocycles. The first-order chi connectivity index (χ1) is 13.8. The predicted molar refractivity (Wildman–Crippen MR) is 109 cm³/mol. The molecule has 0 aliphatic heterocycles. The number of aromatic hydroxyl groups is 1. The van der Waals surface area contributed by atoms with E-state index >= 15 is 0 Å². The number of carbonyl (C=O) groups is 1. The second kappa shape index (κ2) is 9.89. The van der Waals surface area contributed by atoms with E-state index in [1.807, 2.05) is 39.0 Å². The van der Waals surface area contributed by atoms with Crippen molar-refractivity contribution in [1.29, 1.82) is 5.26 Å². The Kier molecular flexibility index (Phi) is 7.57. The van der Waals surface area contributed by atoms with Crippen LogP contribution < -0.4 is 10.3 Å². The summed E-state index contributed by atoms with van der Waals surface area (Å²) in [6.07, 6.45) is 0.497. The minimum absolute atomic E-state index is 0.0453. The highest BCUT2D eigenvalue weighted by Gasteiger charge is 2.24. The number of benzene rings is 1. The first kappa shape index (κ1) is 22.2. The van der Waals surface area contributed by atoms with E-state index in [2.05, 4.69) is 0 Å². The van der Waals surface area contributed by atoms with Crippen molar-refractivity contribution in [3.8, 4) is 17.7 Å². The number of ether oxygens (including phenoxy) is 2. The van der Waals surface area contributed by atoms with Crippen LogP contribution in [0.2, 0.25) is 0 Å². The topological polar surface area (TPSA) is 102 Å². The van der Waals surface area contributed by atoms with Crippen molar-refractivity contribution in [2.45, 2.75) is 46.8 Å². The zero-order chi connectivity index (χ0) is 21.6. The molecular weight excluding hydrogens is 372 g/mol. The number of aromatic nitrogens is 1. The van der Waals surface area contributed by atoms with E-state index in [1.54, 1.807) is 12.1 Å². The van der Waals surface area contributed by atoms with Gasteiger partial charge in [0, 0.05) is 13.2 Å². The molecule has 0 amide bonds. The van der Waals surface area contributed by atoms with Crippen LogP contribution in [0, 0.1) is 25.2 Å². The summed E-state index contributed by atoms with van der Waals surface area (Å²) in [5, 5.41) is 20.0. The molecule has 0 fully saturated rings. The second-order valence-corrected chi connectivity index (χ2v) is 7.07. The molecule has 7 nitrogen and oxygen atoms in total. The van der Waals surface area contributed by atoms with E-state index < -0.39 is 17.2 Å². The van der Waals surface area contributed by atoms with Crippen LogP contribution in [0.1, 0.15) is 47.3 Å². The van der Waals surface area contributed by atoms with E-state index in [0.29, 0.717) is 18.8 Å². The van der Waals surface area contributed by atoms with Crippen LogP contribution in [-0.2, 0) is 11.3 Å². The van der Waals surface area contributed by atoms with Gasteiger partial charge in [-0.15, -0.1) is 0 Å². The summed E-state index contributed by atoms with van der Waals surface area (Å²) in [6.45, 7) is 7.37. The number of nitriles is 1. The van der Waals surface area contributed by atoms with Gasteiger partial charge >= 0.3 is 0 Å². The maximum atomic E-state index is 12.8. The fourth-order valence-electron chi connectivity index (χ4n) is 2.96. The maximum Gasteiger partial charge on any atom is 0.271 e. The van der Waals surface area contributed by atoms with Gasteiger partial charge < -0.3 is 14.6 Å². The lowest BCUT2D eigenvalue weighted by atomic mass is 10.0. The molecule has 0 bridgehead atoms. The molecule has 0 spiro atoms. The van der Waals surface area contributed by atoms with Crippen LogP contribution in [0.15, 0.2) is 29.1 Å². The number of aryl methyl sites for hydroxylation is 1. The van der Waals surface area contributed by atoms with Gasteiger partial charge in [0.25, 0.3) is 5.56 Å². The van der Waals surface area contributed by atoms with Gasteiger partial charge in [-0.05, 0) is 57.4 Å². The Bertz CT molecular complexity index is 986. The highest BCUT2D eigenvalue weighted by Crippen LogP contribution is 2.23. The highest BCUT2D eigenvalue weighted by atomic mass is 16.5. The zero-order valence-corrected chi connectivity index (χ0v) is 17.2. The molecule has 2 rings (SSSR count). The number of ketones is 1. The van der Waals surface area contributed by atoms with Crippen LogP contribution in [0.5, 0.6) is 11.6 Å². The highest BCUT2D eigenvalue weighted by molar-refractivity contribution is 6.01. The lowest BCUT2D eigenvalue weighted by molar-refractivity contribution is 0.0743. The summed E-state index contributed by atoms with van der Waals surface area (Å²) in [4.78, 5) is 25.3. The van der Waals surface area contributed by atoms with Crippen molar-refractivity contribution in [2.75, 3.05) is 13.2 Å². The summed E-state index contributed by atoms with van der Waals surface area (Å²) < 4.78 is 12.0. The first-order valence-corrected chi connectivity index (χ1v) is 9.47. The standard InChI is InChI=1S/C22H26N2O5/c1-14(2)28-10-6-9-24-21(26)18(12-23)16(4)20(22(24)27)19(25)13-29-17-8-5-7-15(3)11-17/h5,7-8,11,14,27H,6,9-10,13H2,1-4H3. The average molecular weight is 398 g/mol. The van der Waals surface area contributed by atoms with Gasteiger partial charge in [-0.1, -0.05) is 12.1 Å². The maximum absolute atomic E-state index is 12.8. The van der Waals surface area contributed by atoms with Crippen molar-refractivity contribution in [2.24, 2.45) is 0 Å². The van der Waals surface area contributed by atoms with Crippen LogP contribution in [0.3, 0.4) is 0 Å². The Morgan fingerprint density at radius 2 is 2.03 bits per heavy atom. The number of rotatable bonds is 9. The van der Waals surface area contributed by atoms with Crippen molar-refractivity contribution in [3.05, 3.63) is 56.9 Å². The molecule has 1 aromatic carbocycles. The molecule has 2 aromatic rings. The van der Waals surface area contributed by atoms with Gasteiger partial charge in [0.2, 0.25) is 11.7 Å². The predicted octanol–water partition coefficient (Wildman–Crippen LogP) is 3.12. The molecular formula is C22H26N2O5. The fraction of sp³-hybridized carbons (Fsp3) is 0.409. The molecule has 0 unspecified atom stereocenters. The molecule has 0 radical (unpaired) electrons. The minimum atomic E-state index is -0.622. The van der Waals surface area contributed by atoms with Crippen LogP contribution in [0.4, 0.5) is 0 Å². The van der Waals surface area contributed by atoms with Gasteiger partial charge in [0.1, 0.15) is 17.4 Å². The SMILES string of the molecule is Cc1cccc(OCC(=O)c2c(C)c(C#N)c(=O)n(CCCOC(C)C)c2O)c1. The van der Waals surface area contributed by atoms with Crippen LogP contribution in [0.25, 0.3) is 0 Å². The summed E-state index contributed by atoms with van der Waals surface area (Å²) in [5.74, 6) is -0.436. The number of pyridine rings is 1. The van der Waals surface area contributed by atoms with Crippen LogP contribution >= 0.6 is 0 Å². The molecule has 154 valence electrons. The lowest BCUT2D eigenvalue weighted by Gasteiger charge is -2.16. The largest absolute Gasteiger partial charge is 0.494 e. The second-order valence-electron chi connectivity index (χ2n) is 7.07. The third-order valence-electron chi connectivity index (χ3n) is 4.42. The average Bonchev–Trinajstić information content (AvgIpc) is 2.66. The van der Waals surface area contributed by atoms with E-state index in [-0.39, 0.29) is 35.9 Å². The van der Waals surface area contributed by atoms with Crippen molar-refractivity contribution >= 4 is 5.78 Å².